The summed E-state index contributed by atoms with van der Waals surface area (Å²) in [7, 11) is 2.85. The fraction of sp³-hybridized carbons (Fsp3) is 0.500. The molecule has 0 aliphatic rings. The number of carboxylic acid groups (broad SMARTS) is 2. The Bertz CT molecular complexity index is 124. The van der Waals surface area contributed by atoms with Crippen molar-refractivity contribution in [3.8, 4) is 0 Å². The summed E-state index contributed by atoms with van der Waals surface area (Å²) in [4.78, 5) is 8.56. The van der Waals surface area contributed by atoms with Gasteiger partial charge in [-0.25, -0.2) is 4.79 Å². The molecule has 7 nitrogen and oxygen atoms in total. The number of carbonyl (C=O) groups is 1. The van der Waals surface area contributed by atoms with Crippen molar-refractivity contribution in [3.05, 3.63) is 0 Å². The monoisotopic (exact) mass is 166 g/mol. The second-order valence-electron chi connectivity index (χ2n) is 1.09. The average molecular weight is 166 g/mol. The number of methoxy groups -OCH3 is 2. The smallest absolute Gasteiger partial charge is 0.453 e. The first-order valence-electron chi connectivity index (χ1n) is 2.36. The van der Waals surface area contributed by atoms with E-state index in [0.717, 1.165) is 0 Å². The number of rotatable bonds is 0. The lowest BCUT2D eigenvalue weighted by atomic mass is 11.2. The average Bonchev–Trinajstić information content (AvgIpc) is 1.90. The molecule has 0 aliphatic heterocycles. The van der Waals surface area contributed by atoms with Crippen molar-refractivity contribution in [2.24, 2.45) is 10.9 Å². The molecule has 0 fully saturated rings. The number of ether oxygens (including phenoxy) is 2. The van der Waals surface area contributed by atoms with E-state index in [1.165, 1.54) is 14.2 Å². The van der Waals surface area contributed by atoms with Crippen LogP contribution >= 0.6 is 0 Å². The summed E-state index contributed by atoms with van der Waals surface area (Å²) in [6.07, 6.45) is -1.75. The maximum absolute atomic E-state index is 8.56. The minimum Gasteiger partial charge on any atom is -0.453 e. The molecule has 0 aliphatic carbocycles. The van der Waals surface area contributed by atoms with Crippen LogP contribution in [0.2, 0.25) is 0 Å². The van der Waals surface area contributed by atoms with Crippen LogP contribution in [0.3, 0.4) is 0 Å². The van der Waals surface area contributed by atoms with Crippen molar-refractivity contribution in [1.82, 2.24) is 0 Å². The van der Waals surface area contributed by atoms with Gasteiger partial charge in [0.25, 0.3) is 0 Å². The summed E-state index contributed by atoms with van der Waals surface area (Å²) in [5.74, 6) is 4.73. The summed E-state index contributed by atoms with van der Waals surface area (Å²) in [5, 5.41) is 17.0. The third-order valence-electron chi connectivity index (χ3n) is 0.455. The first-order chi connectivity index (χ1) is 5.08. The Kier molecular flexibility index (Phi) is 9.14. The van der Waals surface area contributed by atoms with Crippen LogP contribution in [-0.2, 0) is 9.47 Å². The lowest BCUT2D eigenvalue weighted by Gasteiger charge is -1.96. The van der Waals surface area contributed by atoms with Gasteiger partial charge < -0.3 is 25.5 Å². The zero-order chi connectivity index (χ0) is 9.28. The maximum atomic E-state index is 8.56. The topological polar surface area (TPSA) is 114 Å². The third-order valence-corrected chi connectivity index (χ3v) is 0.455. The molecule has 0 aromatic rings. The lowest BCUT2D eigenvalue weighted by molar-refractivity contribution is 0.137. The van der Waals surface area contributed by atoms with E-state index in [2.05, 4.69) is 14.6 Å². The van der Waals surface area contributed by atoms with Crippen LogP contribution in [0.5, 0.6) is 0 Å². The van der Waals surface area contributed by atoms with E-state index in [-0.39, 0.29) is 6.08 Å². The summed E-state index contributed by atoms with van der Waals surface area (Å²) < 4.78 is 8.90. The summed E-state index contributed by atoms with van der Waals surface area (Å²) in [6.45, 7) is 0. The first-order valence-corrected chi connectivity index (χ1v) is 2.36. The fourth-order valence-electron chi connectivity index (χ4n) is 0.189. The zero-order valence-corrected chi connectivity index (χ0v) is 6.14. The van der Waals surface area contributed by atoms with Crippen LogP contribution in [0.1, 0.15) is 0 Å². The number of hydrogen-bond donors (Lipinski definition) is 3. The van der Waals surface area contributed by atoms with Gasteiger partial charge in [-0.05, 0) is 0 Å². The van der Waals surface area contributed by atoms with Gasteiger partial charge in [0.05, 0.1) is 14.2 Å². The molecule has 0 aromatic carbocycles. The van der Waals surface area contributed by atoms with E-state index < -0.39 is 6.16 Å². The molecule has 0 saturated heterocycles. The van der Waals surface area contributed by atoms with E-state index in [4.69, 9.17) is 20.9 Å². The second-order valence-corrected chi connectivity index (χ2v) is 1.09. The Morgan fingerprint density at radius 2 is 1.64 bits per heavy atom. The SMILES string of the molecule is COC(=NN)OC.O=C(O)O. The molecular weight excluding hydrogens is 156 g/mol. The maximum Gasteiger partial charge on any atom is 0.503 e. The van der Waals surface area contributed by atoms with Crippen LogP contribution in [0, 0.1) is 0 Å². The van der Waals surface area contributed by atoms with Crippen LogP contribution in [0.15, 0.2) is 5.10 Å². The number of nitrogens with two attached hydrogens (primary N) is 1. The quantitative estimate of drug-likeness (QED) is 0.197. The molecule has 11 heavy (non-hydrogen) atoms. The molecule has 0 aromatic heterocycles. The van der Waals surface area contributed by atoms with Crippen molar-refractivity contribution >= 4 is 12.2 Å². The van der Waals surface area contributed by atoms with E-state index in [0.29, 0.717) is 0 Å². The third kappa shape index (κ3) is 17.8. The highest BCUT2D eigenvalue weighted by atomic mass is 16.7. The van der Waals surface area contributed by atoms with E-state index in [9.17, 15) is 0 Å². The van der Waals surface area contributed by atoms with E-state index >= 15 is 0 Å². The van der Waals surface area contributed by atoms with Crippen molar-refractivity contribution in [2.75, 3.05) is 14.2 Å². The van der Waals surface area contributed by atoms with Gasteiger partial charge in [-0.2, -0.15) is 0 Å². The molecule has 7 heteroatoms. The van der Waals surface area contributed by atoms with Crippen molar-refractivity contribution < 1.29 is 24.5 Å². The minimum atomic E-state index is -1.83. The molecule has 0 unspecified atom stereocenters. The van der Waals surface area contributed by atoms with Gasteiger partial charge in [-0.15, -0.1) is 5.10 Å². The number of hydrazone groups is 1. The first kappa shape index (κ1) is 12.1. The zero-order valence-electron chi connectivity index (χ0n) is 6.14. The minimum absolute atomic E-state index is 0.0833. The van der Waals surface area contributed by atoms with Gasteiger partial charge in [-0.3, -0.25) is 0 Å². The predicted octanol–water partition coefficient (Wildman–Crippen LogP) is -0.269. The molecule has 4 N–H and O–H groups in total. The highest BCUT2D eigenvalue weighted by molar-refractivity contribution is 5.65. The van der Waals surface area contributed by atoms with Gasteiger partial charge in [-0.1, -0.05) is 0 Å². The van der Waals surface area contributed by atoms with E-state index in [1.807, 2.05) is 0 Å². The standard InChI is InChI=1S/C3H8N2O2.CH2O3/c1-6-3(5-4)7-2;2-1(3)4/h4H2,1-2H3;(H2,2,3,4). The Labute approximate surface area is 63.0 Å². The summed E-state index contributed by atoms with van der Waals surface area (Å²) in [6, 6.07) is 0. The van der Waals surface area contributed by atoms with Crippen LogP contribution < -0.4 is 5.84 Å². The van der Waals surface area contributed by atoms with Gasteiger partial charge in [0.2, 0.25) is 0 Å². The molecule has 0 saturated carbocycles. The Hall–Kier alpha value is -1.66. The summed E-state index contributed by atoms with van der Waals surface area (Å²) >= 11 is 0. The number of hydrogen-bond acceptors (Lipinski definition) is 5. The van der Waals surface area contributed by atoms with Crippen LogP contribution in [-0.4, -0.2) is 36.7 Å². The Morgan fingerprint density at radius 1 is 1.36 bits per heavy atom. The van der Waals surface area contributed by atoms with Crippen molar-refractivity contribution in [3.63, 3.8) is 0 Å². The lowest BCUT2D eigenvalue weighted by Crippen LogP contribution is -2.05. The molecule has 0 rings (SSSR count). The fourth-order valence-corrected chi connectivity index (χ4v) is 0.189. The molecule has 0 atom stereocenters. The summed E-state index contributed by atoms with van der Waals surface area (Å²) in [5.41, 5.74) is 0. The molecule has 0 heterocycles. The largest absolute Gasteiger partial charge is 0.503 e. The molecular formula is C4H10N2O5. The Balaban J connectivity index is 0. The van der Waals surface area contributed by atoms with Crippen molar-refractivity contribution in [1.29, 1.82) is 0 Å². The van der Waals surface area contributed by atoms with E-state index in [1.54, 1.807) is 0 Å². The predicted molar refractivity (Wildman–Crippen MR) is 36.3 cm³/mol. The highest BCUT2D eigenvalue weighted by Gasteiger charge is 1.87. The molecule has 0 spiro atoms. The van der Waals surface area contributed by atoms with Gasteiger partial charge in [0.15, 0.2) is 0 Å². The van der Waals surface area contributed by atoms with Gasteiger partial charge >= 0.3 is 12.2 Å². The number of nitrogens with zero attached hydrogens (tertiary/aromatic N) is 1. The Morgan fingerprint density at radius 3 is 1.64 bits per heavy atom. The van der Waals surface area contributed by atoms with Crippen LogP contribution in [0.25, 0.3) is 0 Å². The molecule has 0 radical (unpaired) electrons. The second kappa shape index (κ2) is 8.34. The molecule has 66 valence electrons. The highest BCUT2D eigenvalue weighted by Crippen LogP contribution is 1.72. The molecule has 0 bridgehead atoms. The normalized spacial score (nSPS) is 6.73. The van der Waals surface area contributed by atoms with Gasteiger partial charge in [0, 0.05) is 0 Å². The van der Waals surface area contributed by atoms with Crippen molar-refractivity contribution in [2.45, 2.75) is 0 Å². The van der Waals surface area contributed by atoms with Gasteiger partial charge in [0.1, 0.15) is 0 Å². The van der Waals surface area contributed by atoms with Crippen LogP contribution in [0.4, 0.5) is 4.79 Å². The molecule has 0 amide bonds.